The Morgan fingerprint density at radius 1 is 1.54 bits per heavy atom. The predicted octanol–water partition coefficient (Wildman–Crippen LogP) is 1.23. The van der Waals surface area contributed by atoms with E-state index >= 15 is 0 Å². The monoisotopic (exact) mass is 214 g/mol. The summed E-state index contributed by atoms with van der Waals surface area (Å²) in [7, 11) is 1.20. The van der Waals surface area contributed by atoms with Crippen molar-refractivity contribution in [2.24, 2.45) is 10.7 Å². The Morgan fingerprint density at radius 2 is 2.00 bits per heavy atom. The Balaban J connectivity index is 5.22. The van der Waals surface area contributed by atoms with E-state index in [2.05, 4.69) is 10.7 Å². The average molecular weight is 215 g/mol. The Labute approximate surface area is 77.1 Å². The maximum Gasteiger partial charge on any atom is 0.431 e. The van der Waals surface area contributed by atoms with Crippen LogP contribution in [-0.2, 0) is 4.79 Å². The molecule has 0 heterocycles. The summed E-state index contributed by atoms with van der Waals surface area (Å²) in [5, 5.41) is -1.29. The maximum atomic E-state index is 11.9. The molecule has 2 N–H and O–H groups in total. The first-order valence-electron chi connectivity index (χ1n) is 2.99. The zero-order valence-electron chi connectivity index (χ0n) is 6.52. The third kappa shape index (κ3) is 3.45. The average Bonchev–Trinajstić information content (AvgIpc) is 1.96. The van der Waals surface area contributed by atoms with Gasteiger partial charge in [0.15, 0.2) is 0 Å². The van der Waals surface area contributed by atoms with Crippen molar-refractivity contribution in [3.63, 3.8) is 0 Å². The van der Waals surface area contributed by atoms with Gasteiger partial charge in [-0.1, -0.05) is 0 Å². The van der Waals surface area contributed by atoms with Crippen LogP contribution in [0.15, 0.2) is 16.3 Å². The minimum Gasteiger partial charge on any atom is -0.394 e. The largest absolute Gasteiger partial charge is 0.431 e. The number of aliphatic imine (C=N–C) groups is 1. The molecule has 0 amide bonds. The highest BCUT2D eigenvalue weighted by Crippen LogP contribution is 2.24. The standard InChI is InChI=1S/C6H6ClF3N2O/c1-12-2-3(5(7)13)4(11)6(8,9)10/h2H,11H2,1H3. The Kier molecular flexibility index (Phi) is 3.93. The molecular weight excluding hydrogens is 209 g/mol. The second-order valence-corrected chi connectivity index (χ2v) is 2.33. The molecule has 0 atom stereocenters. The van der Waals surface area contributed by atoms with Gasteiger partial charge in [-0.05, 0) is 11.6 Å². The smallest absolute Gasteiger partial charge is 0.394 e. The maximum absolute atomic E-state index is 11.9. The highest BCUT2D eigenvalue weighted by atomic mass is 35.5. The number of rotatable bonds is 2. The molecule has 0 aromatic heterocycles. The fraction of sp³-hybridized carbons (Fsp3) is 0.333. The number of alkyl halides is 3. The summed E-state index contributed by atoms with van der Waals surface area (Å²) >= 11 is 4.86. The molecule has 7 heteroatoms. The van der Waals surface area contributed by atoms with Crippen molar-refractivity contribution in [2.45, 2.75) is 6.18 Å². The van der Waals surface area contributed by atoms with Gasteiger partial charge in [0.1, 0.15) is 5.70 Å². The van der Waals surface area contributed by atoms with Crippen molar-refractivity contribution in [1.82, 2.24) is 0 Å². The molecule has 13 heavy (non-hydrogen) atoms. The molecule has 3 nitrogen and oxygen atoms in total. The summed E-state index contributed by atoms with van der Waals surface area (Å²) in [6.45, 7) is 0. The van der Waals surface area contributed by atoms with E-state index in [1.54, 1.807) is 0 Å². The Morgan fingerprint density at radius 3 is 2.23 bits per heavy atom. The van der Waals surface area contributed by atoms with Crippen molar-refractivity contribution in [1.29, 1.82) is 0 Å². The first-order valence-corrected chi connectivity index (χ1v) is 3.37. The van der Waals surface area contributed by atoms with Crippen LogP contribution in [0.5, 0.6) is 0 Å². The van der Waals surface area contributed by atoms with E-state index in [-0.39, 0.29) is 0 Å². The molecule has 0 saturated heterocycles. The van der Waals surface area contributed by atoms with E-state index in [1.165, 1.54) is 7.05 Å². The molecule has 0 aromatic carbocycles. The highest BCUT2D eigenvalue weighted by Gasteiger charge is 2.35. The number of nitrogens with zero attached hydrogens (tertiary/aromatic N) is 1. The van der Waals surface area contributed by atoms with Gasteiger partial charge < -0.3 is 5.73 Å². The molecule has 0 aliphatic heterocycles. The summed E-state index contributed by atoms with van der Waals surface area (Å²) in [4.78, 5) is 13.7. The first-order chi connectivity index (χ1) is 5.80. The summed E-state index contributed by atoms with van der Waals surface area (Å²) in [6.07, 6.45) is -4.11. The van der Waals surface area contributed by atoms with E-state index in [1.807, 2.05) is 0 Å². The fourth-order valence-corrected chi connectivity index (χ4v) is 0.659. The fourth-order valence-electron chi connectivity index (χ4n) is 0.508. The normalized spacial score (nSPS) is 14.5. The molecule has 0 radical (unpaired) electrons. The zero-order chi connectivity index (χ0) is 10.6. The van der Waals surface area contributed by atoms with E-state index in [4.69, 9.17) is 11.6 Å². The lowest BCUT2D eigenvalue weighted by Crippen LogP contribution is -2.24. The minimum absolute atomic E-state index is 0.665. The van der Waals surface area contributed by atoms with Crippen LogP contribution in [-0.4, -0.2) is 24.7 Å². The minimum atomic E-state index is -4.78. The first kappa shape index (κ1) is 12.0. The van der Waals surface area contributed by atoms with E-state index in [9.17, 15) is 18.0 Å². The van der Waals surface area contributed by atoms with Crippen molar-refractivity contribution in [3.8, 4) is 0 Å². The molecular formula is C6H6ClF3N2O. The second kappa shape index (κ2) is 4.27. The van der Waals surface area contributed by atoms with Gasteiger partial charge >= 0.3 is 6.18 Å². The van der Waals surface area contributed by atoms with Gasteiger partial charge in [0.2, 0.25) is 0 Å². The van der Waals surface area contributed by atoms with Crippen LogP contribution in [0.4, 0.5) is 13.2 Å². The molecule has 0 bridgehead atoms. The summed E-state index contributed by atoms with van der Waals surface area (Å²) < 4.78 is 35.8. The molecule has 0 aromatic rings. The summed E-state index contributed by atoms with van der Waals surface area (Å²) in [5.74, 6) is 0. The third-order valence-electron chi connectivity index (χ3n) is 1.07. The molecule has 0 saturated carbocycles. The van der Waals surface area contributed by atoms with Gasteiger partial charge in [0.05, 0.1) is 5.57 Å². The number of carbonyl (C=O) groups is 1. The summed E-state index contributed by atoms with van der Waals surface area (Å²) in [6, 6.07) is 0. The highest BCUT2D eigenvalue weighted by molar-refractivity contribution is 6.70. The van der Waals surface area contributed by atoms with Crippen LogP contribution in [0.3, 0.4) is 0 Å². The predicted molar refractivity (Wildman–Crippen MR) is 42.5 cm³/mol. The molecule has 0 aliphatic carbocycles. The topological polar surface area (TPSA) is 55.5 Å². The van der Waals surface area contributed by atoms with Gasteiger partial charge in [0, 0.05) is 13.3 Å². The number of hydrogen-bond donors (Lipinski definition) is 1. The third-order valence-corrected chi connectivity index (χ3v) is 1.27. The van der Waals surface area contributed by atoms with Crippen LogP contribution < -0.4 is 5.73 Å². The van der Waals surface area contributed by atoms with Crippen molar-refractivity contribution >= 4 is 23.1 Å². The number of nitrogens with two attached hydrogens (primary N) is 1. The Bertz CT molecular complexity index is 270. The summed E-state index contributed by atoms with van der Waals surface area (Å²) in [5.41, 5.74) is 2.25. The van der Waals surface area contributed by atoms with Crippen LogP contribution in [0, 0.1) is 0 Å². The van der Waals surface area contributed by atoms with E-state index < -0.39 is 22.7 Å². The number of allylic oxidation sites excluding steroid dienone is 2. The number of carbonyl (C=O) groups excluding carboxylic acids is 1. The molecule has 0 aliphatic rings. The van der Waals surface area contributed by atoms with E-state index in [0.29, 0.717) is 6.21 Å². The molecule has 0 unspecified atom stereocenters. The molecule has 0 fully saturated rings. The number of hydrogen-bond acceptors (Lipinski definition) is 3. The zero-order valence-corrected chi connectivity index (χ0v) is 7.28. The van der Waals surface area contributed by atoms with Crippen molar-refractivity contribution in [2.75, 3.05) is 7.05 Å². The van der Waals surface area contributed by atoms with Gasteiger partial charge in [0.25, 0.3) is 5.24 Å². The number of halogens is 4. The lowest BCUT2D eigenvalue weighted by molar-refractivity contribution is -0.110. The molecule has 0 spiro atoms. The van der Waals surface area contributed by atoms with Gasteiger partial charge in [-0.25, -0.2) is 0 Å². The van der Waals surface area contributed by atoms with Crippen LogP contribution >= 0.6 is 11.6 Å². The van der Waals surface area contributed by atoms with Crippen LogP contribution in [0.2, 0.25) is 0 Å². The van der Waals surface area contributed by atoms with Gasteiger partial charge in [-0.3, -0.25) is 9.79 Å². The second-order valence-electron chi connectivity index (χ2n) is 1.99. The lowest BCUT2D eigenvalue weighted by atomic mass is 10.2. The quantitative estimate of drug-likeness (QED) is 0.427. The molecule has 74 valence electrons. The Hall–Kier alpha value is -1.04. The van der Waals surface area contributed by atoms with Gasteiger partial charge in [-0.15, -0.1) is 0 Å². The SMILES string of the molecule is CN=CC(C(=O)Cl)=C(N)C(F)(F)F. The van der Waals surface area contributed by atoms with Crippen LogP contribution in [0.25, 0.3) is 0 Å². The van der Waals surface area contributed by atoms with Crippen molar-refractivity contribution < 1.29 is 18.0 Å². The van der Waals surface area contributed by atoms with Crippen molar-refractivity contribution in [3.05, 3.63) is 11.3 Å². The van der Waals surface area contributed by atoms with Gasteiger partial charge in [-0.2, -0.15) is 13.2 Å². The molecule has 0 rings (SSSR count). The van der Waals surface area contributed by atoms with Crippen LogP contribution in [0.1, 0.15) is 0 Å². The lowest BCUT2D eigenvalue weighted by Gasteiger charge is -2.07. The van der Waals surface area contributed by atoms with E-state index in [0.717, 1.165) is 0 Å².